The van der Waals surface area contributed by atoms with Crippen molar-refractivity contribution in [2.45, 2.75) is 71.1 Å². The first kappa shape index (κ1) is 37.1. The highest BCUT2D eigenvalue weighted by Gasteiger charge is 2.02. The normalized spacial score (nSPS) is 11.3. The Morgan fingerprint density at radius 3 is 1.13 bits per heavy atom. The van der Waals surface area contributed by atoms with Crippen LogP contribution in [0.4, 0.5) is 0 Å². The Labute approximate surface area is 230 Å². The van der Waals surface area contributed by atoms with Gasteiger partial charge >= 0.3 is 5.97 Å². The summed E-state index contributed by atoms with van der Waals surface area (Å²) in [4.78, 5) is 11.7. The highest BCUT2D eigenvalue weighted by atomic mass is 16.6. The van der Waals surface area contributed by atoms with Crippen molar-refractivity contribution in [1.82, 2.24) is 0 Å². The lowest BCUT2D eigenvalue weighted by atomic mass is 10.1. The van der Waals surface area contributed by atoms with Crippen LogP contribution in [0.5, 0.6) is 0 Å². The third kappa shape index (κ3) is 33.2. The molecule has 10 heteroatoms. The minimum Gasteiger partial charge on any atom is -0.463 e. The lowest BCUT2D eigenvalue weighted by Crippen LogP contribution is -2.15. The molecule has 0 fully saturated rings. The van der Waals surface area contributed by atoms with E-state index in [2.05, 4.69) is 6.92 Å². The van der Waals surface area contributed by atoms with Gasteiger partial charge in [0, 0.05) is 6.42 Å². The number of hydrogen-bond donors (Lipinski definition) is 1. The van der Waals surface area contributed by atoms with E-state index in [-0.39, 0.29) is 12.6 Å². The number of hydrogen-bond acceptors (Lipinski definition) is 10. The zero-order valence-corrected chi connectivity index (χ0v) is 24.0. The topological polar surface area (TPSA) is 111 Å². The largest absolute Gasteiger partial charge is 0.463 e. The van der Waals surface area contributed by atoms with Crippen molar-refractivity contribution in [1.29, 1.82) is 0 Å². The van der Waals surface area contributed by atoms with E-state index in [1.807, 2.05) is 0 Å². The van der Waals surface area contributed by atoms with Gasteiger partial charge in [0.2, 0.25) is 0 Å². The molecule has 0 aliphatic rings. The van der Waals surface area contributed by atoms with Gasteiger partial charge in [0.1, 0.15) is 6.61 Å². The van der Waals surface area contributed by atoms with Gasteiger partial charge in [-0.2, -0.15) is 0 Å². The summed E-state index contributed by atoms with van der Waals surface area (Å²) < 4.78 is 42.7. The summed E-state index contributed by atoms with van der Waals surface area (Å²) in [6.45, 7) is 9.19. The molecular formula is C28H56O10. The SMILES string of the molecule is CCCCCCCCCCCC(=O)OCCOCCOCCOCCOCCOCCOCCOCCO. The van der Waals surface area contributed by atoms with E-state index in [0.717, 1.165) is 12.8 Å². The molecule has 228 valence electrons. The second-order valence-corrected chi connectivity index (χ2v) is 8.81. The molecule has 0 amide bonds. The van der Waals surface area contributed by atoms with Crippen LogP contribution < -0.4 is 0 Å². The highest BCUT2D eigenvalue weighted by Crippen LogP contribution is 2.10. The Hall–Kier alpha value is -0.850. The quantitative estimate of drug-likeness (QED) is 0.0958. The molecule has 0 saturated heterocycles. The van der Waals surface area contributed by atoms with E-state index in [1.54, 1.807) is 0 Å². The summed E-state index contributed by atoms with van der Waals surface area (Å²) in [7, 11) is 0. The van der Waals surface area contributed by atoms with Crippen molar-refractivity contribution in [2.24, 2.45) is 0 Å². The fourth-order valence-electron chi connectivity index (χ4n) is 3.35. The average Bonchev–Trinajstić information content (AvgIpc) is 2.92. The molecule has 0 aliphatic heterocycles. The molecular weight excluding hydrogens is 496 g/mol. The number of aliphatic hydroxyl groups is 1. The van der Waals surface area contributed by atoms with Crippen LogP contribution in [0, 0.1) is 0 Å². The molecule has 0 aromatic heterocycles. The standard InChI is InChI=1S/C28H56O10/c1-2-3-4-5-6-7-8-9-10-11-28(30)38-27-26-37-25-24-36-23-22-35-21-20-34-19-18-33-17-16-32-15-14-31-13-12-29/h29H,2-27H2,1H3. The van der Waals surface area contributed by atoms with Crippen LogP contribution >= 0.6 is 0 Å². The lowest BCUT2D eigenvalue weighted by Gasteiger charge is -2.08. The number of rotatable bonds is 33. The summed E-state index contributed by atoms with van der Waals surface area (Å²) in [6.07, 6.45) is 11.6. The predicted octanol–water partition coefficient (Wildman–Crippen LogP) is 3.56. The Morgan fingerprint density at radius 2 is 0.763 bits per heavy atom. The Balaban J connectivity index is 3.11. The maximum Gasteiger partial charge on any atom is 0.305 e. The molecule has 0 saturated carbocycles. The number of carbonyl (C=O) groups excluding carboxylic acids is 1. The summed E-state index contributed by atoms with van der Waals surface area (Å²) in [5.74, 6) is -0.135. The van der Waals surface area contributed by atoms with Crippen molar-refractivity contribution in [3.05, 3.63) is 0 Å². The Bertz CT molecular complexity index is 453. The smallest absolute Gasteiger partial charge is 0.305 e. The van der Waals surface area contributed by atoms with Crippen LogP contribution in [0.25, 0.3) is 0 Å². The molecule has 1 N–H and O–H groups in total. The average molecular weight is 553 g/mol. The van der Waals surface area contributed by atoms with Gasteiger partial charge < -0.3 is 43.0 Å². The first-order valence-electron chi connectivity index (χ1n) is 14.6. The van der Waals surface area contributed by atoms with Gasteiger partial charge in [-0.25, -0.2) is 0 Å². The zero-order valence-electron chi connectivity index (χ0n) is 24.0. The molecule has 0 atom stereocenters. The van der Waals surface area contributed by atoms with Gasteiger partial charge in [0.05, 0.1) is 99.1 Å². The molecule has 38 heavy (non-hydrogen) atoms. The molecule has 0 radical (unpaired) electrons. The maximum absolute atomic E-state index is 11.7. The van der Waals surface area contributed by atoms with E-state index in [1.165, 1.54) is 44.9 Å². The lowest BCUT2D eigenvalue weighted by molar-refractivity contribution is -0.145. The van der Waals surface area contributed by atoms with Gasteiger partial charge in [0.15, 0.2) is 0 Å². The van der Waals surface area contributed by atoms with Crippen LogP contribution in [0.1, 0.15) is 71.1 Å². The first-order valence-corrected chi connectivity index (χ1v) is 14.6. The molecule has 0 aromatic rings. The minimum absolute atomic E-state index is 0.0268. The van der Waals surface area contributed by atoms with Gasteiger partial charge in [-0.05, 0) is 6.42 Å². The molecule has 0 spiro atoms. The number of ether oxygens (including phenoxy) is 8. The monoisotopic (exact) mass is 552 g/mol. The second-order valence-electron chi connectivity index (χ2n) is 8.81. The maximum atomic E-state index is 11.7. The number of unbranched alkanes of at least 4 members (excludes halogenated alkanes) is 8. The van der Waals surface area contributed by atoms with Crippen LogP contribution in [0.15, 0.2) is 0 Å². The van der Waals surface area contributed by atoms with Crippen molar-refractivity contribution < 1.29 is 47.8 Å². The molecule has 10 nitrogen and oxygen atoms in total. The van der Waals surface area contributed by atoms with Crippen LogP contribution in [0.3, 0.4) is 0 Å². The zero-order chi connectivity index (χ0) is 27.6. The highest BCUT2D eigenvalue weighted by molar-refractivity contribution is 5.69. The Kier molecular flexibility index (Phi) is 33.4. The van der Waals surface area contributed by atoms with Crippen molar-refractivity contribution in [3.8, 4) is 0 Å². The molecule has 0 bridgehead atoms. The third-order valence-corrected chi connectivity index (χ3v) is 5.44. The van der Waals surface area contributed by atoms with E-state index in [9.17, 15) is 4.79 Å². The third-order valence-electron chi connectivity index (χ3n) is 5.44. The summed E-state index contributed by atoms with van der Waals surface area (Å²) in [5, 5.41) is 8.56. The van der Waals surface area contributed by atoms with Gasteiger partial charge in [-0.3, -0.25) is 4.79 Å². The van der Waals surface area contributed by atoms with Gasteiger partial charge in [-0.15, -0.1) is 0 Å². The van der Waals surface area contributed by atoms with Crippen LogP contribution in [-0.4, -0.2) is 117 Å². The first-order chi connectivity index (χ1) is 18.8. The van der Waals surface area contributed by atoms with Crippen LogP contribution in [0.2, 0.25) is 0 Å². The molecule has 0 rings (SSSR count). The van der Waals surface area contributed by atoms with Crippen LogP contribution in [-0.2, 0) is 42.7 Å². The summed E-state index contributed by atoms with van der Waals surface area (Å²) in [6, 6.07) is 0. The number of aliphatic hydroxyl groups excluding tert-OH is 1. The number of carbonyl (C=O) groups is 1. The van der Waals surface area contributed by atoms with Crippen molar-refractivity contribution in [3.63, 3.8) is 0 Å². The van der Waals surface area contributed by atoms with Gasteiger partial charge in [-0.1, -0.05) is 58.3 Å². The van der Waals surface area contributed by atoms with E-state index < -0.39 is 0 Å². The molecule has 0 aromatic carbocycles. The van der Waals surface area contributed by atoms with E-state index >= 15 is 0 Å². The van der Waals surface area contributed by atoms with E-state index in [0.29, 0.717) is 106 Å². The van der Waals surface area contributed by atoms with Crippen molar-refractivity contribution in [2.75, 3.05) is 106 Å². The summed E-state index contributed by atoms with van der Waals surface area (Å²) >= 11 is 0. The second kappa shape index (κ2) is 34.2. The van der Waals surface area contributed by atoms with Crippen molar-refractivity contribution >= 4 is 5.97 Å². The Morgan fingerprint density at radius 1 is 0.447 bits per heavy atom. The summed E-state index contributed by atoms with van der Waals surface area (Å²) in [5.41, 5.74) is 0. The predicted molar refractivity (Wildman–Crippen MR) is 146 cm³/mol. The molecule has 0 unspecified atom stereocenters. The van der Waals surface area contributed by atoms with E-state index in [4.69, 9.17) is 43.0 Å². The fourth-order valence-corrected chi connectivity index (χ4v) is 3.35. The number of esters is 1. The van der Waals surface area contributed by atoms with Gasteiger partial charge in [0.25, 0.3) is 0 Å². The molecule has 0 aliphatic carbocycles. The minimum atomic E-state index is -0.135. The fraction of sp³-hybridized carbons (Fsp3) is 0.964. The molecule has 0 heterocycles.